The summed E-state index contributed by atoms with van der Waals surface area (Å²) in [6, 6.07) is 14.8. The Morgan fingerprint density at radius 1 is 1.09 bits per heavy atom. The summed E-state index contributed by atoms with van der Waals surface area (Å²) in [7, 11) is 0. The molecule has 0 bridgehead atoms. The van der Waals surface area contributed by atoms with Crippen molar-refractivity contribution in [1.29, 1.82) is 0 Å². The molecular formula is C18H15FN2O2. The van der Waals surface area contributed by atoms with Crippen LogP contribution in [0.1, 0.15) is 15.9 Å². The molecule has 0 unspecified atom stereocenters. The number of hydrogen-bond donors (Lipinski definition) is 2. The molecule has 0 aliphatic rings. The first-order chi connectivity index (χ1) is 11.1. The van der Waals surface area contributed by atoms with E-state index in [0.29, 0.717) is 35.0 Å². The number of carbonyl (C=O) groups is 1. The van der Waals surface area contributed by atoms with Gasteiger partial charge >= 0.3 is 0 Å². The van der Waals surface area contributed by atoms with E-state index >= 15 is 0 Å². The van der Waals surface area contributed by atoms with Crippen molar-refractivity contribution in [3.05, 3.63) is 81.9 Å². The van der Waals surface area contributed by atoms with Crippen LogP contribution in [0.5, 0.6) is 0 Å². The van der Waals surface area contributed by atoms with Crippen molar-refractivity contribution in [1.82, 2.24) is 10.3 Å². The Labute approximate surface area is 132 Å². The summed E-state index contributed by atoms with van der Waals surface area (Å²) in [6.45, 7) is 0.293. The van der Waals surface area contributed by atoms with Crippen LogP contribution in [0.3, 0.4) is 0 Å². The minimum absolute atomic E-state index is 0.289. The zero-order chi connectivity index (χ0) is 16.2. The fourth-order valence-corrected chi connectivity index (χ4v) is 2.50. The van der Waals surface area contributed by atoms with Crippen LogP contribution < -0.4 is 10.9 Å². The summed E-state index contributed by atoms with van der Waals surface area (Å²) in [5, 5.41) is 3.41. The van der Waals surface area contributed by atoms with Crippen LogP contribution in [0.2, 0.25) is 0 Å². The zero-order valence-corrected chi connectivity index (χ0v) is 12.3. The Bertz CT molecular complexity index is 918. The molecule has 3 aromatic rings. The Hall–Kier alpha value is -2.95. The van der Waals surface area contributed by atoms with Crippen LogP contribution >= 0.6 is 0 Å². The van der Waals surface area contributed by atoms with Crippen molar-refractivity contribution in [3.63, 3.8) is 0 Å². The van der Waals surface area contributed by atoms with Crippen molar-refractivity contribution >= 4 is 16.8 Å². The van der Waals surface area contributed by atoms with Gasteiger partial charge in [-0.05, 0) is 24.1 Å². The highest BCUT2D eigenvalue weighted by atomic mass is 19.1. The smallest absolute Gasteiger partial charge is 0.252 e. The minimum Gasteiger partial charge on any atom is -0.352 e. The van der Waals surface area contributed by atoms with E-state index in [0.717, 1.165) is 0 Å². The molecule has 0 saturated heterocycles. The van der Waals surface area contributed by atoms with Crippen LogP contribution in [0, 0.1) is 5.82 Å². The van der Waals surface area contributed by atoms with Crippen LogP contribution in [0.4, 0.5) is 4.39 Å². The van der Waals surface area contributed by atoms with Gasteiger partial charge in [-0.3, -0.25) is 9.59 Å². The number of aromatic amines is 1. The molecule has 2 aromatic carbocycles. The second-order valence-electron chi connectivity index (χ2n) is 5.19. The van der Waals surface area contributed by atoms with Gasteiger partial charge in [-0.1, -0.05) is 36.4 Å². The molecule has 0 saturated carbocycles. The highest BCUT2D eigenvalue weighted by Crippen LogP contribution is 2.14. The molecule has 23 heavy (non-hydrogen) atoms. The second kappa shape index (κ2) is 6.44. The van der Waals surface area contributed by atoms with Gasteiger partial charge in [0.15, 0.2) is 0 Å². The summed E-state index contributed by atoms with van der Waals surface area (Å²) < 4.78 is 13.5. The average molecular weight is 310 g/mol. The SMILES string of the molecule is O=C(NCCc1ccccc1F)c1cc(=O)[nH]c2ccccc12. The molecule has 5 heteroatoms. The first kappa shape index (κ1) is 15.0. The Kier molecular flexibility index (Phi) is 4.19. The predicted molar refractivity (Wildman–Crippen MR) is 87.0 cm³/mol. The van der Waals surface area contributed by atoms with Crippen molar-refractivity contribution in [2.24, 2.45) is 0 Å². The van der Waals surface area contributed by atoms with Gasteiger partial charge in [0, 0.05) is 23.5 Å². The maximum Gasteiger partial charge on any atom is 0.252 e. The molecule has 4 nitrogen and oxygen atoms in total. The first-order valence-corrected chi connectivity index (χ1v) is 7.29. The van der Waals surface area contributed by atoms with Crippen molar-refractivity contribution in [2.75, 3.05) is 6.54 Å². The zero-order valence-electron chi connectivity index (χ0n) is 12.3. The van der Waals surface area contributed by atoms with Gasteiger partial charge in [0.05, 0.1) is 5.56 Å². The number of halogens is 1. The van der Waals surface area contributed by atoms with E-state index in [4.69, 9.17) is 0 Å². The summed E-state index contributed by atoms with van der Waals surface area (Å²) in [4.78, 5) is 26.7. The lowest BCUT2D eigenvalue weighted by molar-refractivity contribution is 0.0955. The van der Waals surface area contributed by atoms with E-state index in [9.17, 15) is 14.0 Å². The third kappa shape index (κ3) is 3.29. The number of para-hydroxylation sites is 1. The maximum absolute atomic E-state index is 13.5. The van der Waals surface area contributed by atoms with Gasteiger partial charge in [-0.15, -0.1) is 0 Å². The number of carbonyl (C=O) groups excluding carboxylic acids is 1. The Morgan fingerprint density at radius 2 is 1.83 bits per heavy atom. The monoisotopic (exact) mass is 310 g/mol. The van der Waals surface area contributed by atoms with E-state index < -0.39 is 0 Å². The van der Waals surface area contributed by atoms with Gasteiger partial charge in [-0.2, -0.15) is 0 Å². The lowest BCUT2D eigenvalue weighted by Crippen LogP contribution is -2.27. The molecule has 0 fully saturated rings. The van der Waals surface area contributed by atoms with Gasteiger partial charge in [0.2, 0.25) is 5.56 Å². The molecule has 0 aliphatic carbocycles. The van der Waals surface area contributed by atoms with Gasteiger partial charge < -0.3 is 10.3 Å². The maximum atomic E-state index is 13.5. The van der Waals surface area contributed by atoms with Crippen molar-refractivity contribution < 1.29 is 9.18 Å². The average Bonchev–Trinajstić information content (AvgIpc) is 2.55. The Balaban J connectivity index is 1.76. The van der Waals surface area contributed by atoms with E-state index in [1.54, 1.807) is 42.5 Å². The third-order valence-electron chi connectivity index (χ3n) is 3.63. The molecule has 3 rings (SSSR count). The van der Waals surface area contributed by atoms with Crippen molar-refractivity contribution in [3.8, 4) is 0 Å². The molecule has 116 valence electrons. The standard InChI is InChI=1S/C18H15FN2O2/c19-15-7-3-1-5-12(15)9-10-20-18(23)14-11-17(22)21-16-8-4-2-6-13(14)16/h1-8,11H,9-10H2,(H,20,23)(H,21,22). The number of fused-ring (bicyclic) bond motifs is 1. The van der Waals surface area contributed by atoms with Crippen LogP contribution in [-0.4, -0.2) is 17.4 Å². The van der Waals surface area contributed by atoms with Crippen LogP contribution in [0.15, 0.2) is 59.4 Å². The number of pyridine rings is 1. The lowest BCUT2D eigenvalue weighted by atomic mass is 10.1. The largest absolute Gasteiger partial charge is 0.352 e. The normalized spacial score (nSPS) is 10.7. The number of nitrogens with one attached hydrogen (secondary N) is 2. The highest BCUT2D eigenvalue weighted by Gasteiger charge is 2.11. The molecule has 2 N–H and O–H groups in total. The molecule has 0 spiro atoms. The third-order valence-corrected chi connectivity index (χ3v) is 3.63. The Morgan fingerprint density at radius 3 is 2.65 bits per heavy atom. The quantitative estimate of drug-likeness (QED) is 0.778. The lowest BCUT2D eigenvalue weighted by Gasteiger charge is -2.08. The second-order valence-corrected chi connectivity index (χ2v) is 5.19. The predicted octanol–water partition coefficient (Wildman–Crippen LogP) is 2.64. The summed E-state index contributed by atoms with van der Waals surface area (Å²) in [5.41, 5.74) is 1.14. The molecule has 0 atom stereocenters. The van der Waals surface area contributed by atoms with Crippen molar-refractivity contribution in [2.45, 2.75) is 6.42 Å². The van der Waals surface area contributed by atoms with Crippen LogP contribution in [0.25, 0.3) is 10.9 Å². The van der Waals surface area contributed by atoms with E-state index in [-0.39, 0.29) is 17.3 Å². The fraction of sp³-hybridized carbons (Fsp3) is 0.111. The minimum atomic E-state index is -0.344. The summed E-state index contributed by atoms with van der Waals surface area (Å²) >= 11 is 0. The number of benzene rings is 2. The first-order valence-electron chi connectivity index (χ1n) is 7.29. The van der Waals surface area contributed by atoms with Gasteiger partial charge in [-0.25, -0.2) is 4.39 Å². The number of aromatic nitrogens is 1. The molecular weight excluding hydrogens is 295 g/mol. The molecule has 0 aliphatic heterocycles. The van der Waals surface area contributed by atoms with Gasteiger partial charge in [0.25, 0.3) is 5.91 Å². The topological polar surface area (TPSA) is 62.0 Å². The summed E-state index contributed by atoms with van der Waals surface area (Å²) in [6.07, 6.45) is 0.388. The van der Waals surface area contributed by atoms with E-state index in [1.165, 1.54) is 12.1 Å². The number of H-pyrrole nitrogens is 1. The summed E-state index contributed by atoms with van der Waals surface area (Å²) in [5.74, 6) is -0.632. The number of amides is 1. The molecule has 1 amide bonds. The van der Waals surface area contributed by atoms with Crippen LogP contribution in [-0.2, 0) is 6.42 Å². The number of hydrogen-bond acceptors (Lipinski definition) is 2. The van der Waals surface area contributed by atoms with E-state index in [1.807, 2.05) is 0 Å². The number of rotatable bonds is 4. The van der Waals surface area contributed by atoms with E-state index in [2.05, 4.69) is 10.3 Å². The molecule has 1 aromatic heterocycles. The molecule has 0 radical (unpaired) electrons. The molecule has 1 heterocycles. The van der Waals surface area contributed by atoms with Gasteiger partial charge in [0.1, 0.15) is 5.82 Å². The fourth-order valence-electron chi connectivity index (χ4n) is 2.50. The highest BCUT2D eigenvalue weighted by molar-refractivity contribution is 6.05.